The van der Waals surface area contributed by atoms with Gasteiger partial charge in [-0.1, -0.05) is 59.7 Å². The largest absolute Gasteiger partial charge is 0.148 e. The van der Waals surface area contributed by atoms with Crippen molar-refractivity contribution in [2.24, 2.45) is 0 Å². The molecule has 4 aromatic rings. The van der Waals surface area contributed by atoms with E-state index in [0.29, 0.717) is 0 Å². The molecule has 0 N–H and O–H groups in total. The zero-order valence-corrected chi connectivity index (χ0v) is 18.4. The van der Waals surface area contributed by atoms with Gasteiger partial charge >= 0.3 is 0 Å². The van der Waals surface area contributed by atoms with Crippen molar-refractivity contribution in [3.05, 3.63) is 103 Å². The summed E-state index contributed by atoms with van der Waals surface area (Å²) in [4.78, 5) is 2.87. The number of thiophene rings is 2. The first-order chi connectivity index (χ1) is 13.5. The Bertz CT molecular complexity index is 1060. The molecule has 140 valence electrons. The van der Waals surface area contributed by atoms with Crippen molar-refractivity contribution in [1.82, 2.24) is 0 Å². The highest BCUT2D eigenvalue weighted by atomic mass is 32.1. The molecule has 0 fully saturated rings. The number of aryl methyl sites for hydroxylation is 2. The molecule has 2 heteroatoms. The maximum absolute atomic E-state index is 2.46. The van der Waals surface area contributed by atoms with Gasteiger partial charge < -0.3 is 0 Å². The molecule has 0 aliphatic heterocycles. The fourth-order valence-electron chi connectivity index (χ4n) is 5.04. The minimum absolute atomic E-state index is 0.131. The van der Waals surface area contributed by atoms with Crippen molar-refractivity contribution < 1.29 is 0 Å². The van der Waals surface area contributed by atoms with E-state index in [1.807, 2.05) is 22.7 Å². The SMILES string of the molecule is Cc1ccc2c(c1)C(C)(c1cccs1)C(C)(c1cccs1)c1cc(C)ccc1-2. The fraction of sp³-hybridized carbons (Fsp3) is 0.231. The van der Waals surface area contributed by atoms with Crippen LogP contribution in [0.25, 0.3) is 11.1 Å². The molecule has 28 heavy (non-hydrogen) atoms. The van der Waals surface area contributed by atoms with Crippen molar-refractivity contribution in [1.29, 1.82) is 0 Å². The Morgan fingerprint density at radius 1 is 0.607 bits per heavy atom. The molecule has 2 aromatic carbocycles. The van der Waals surface area contributed by atoms with Crippen LogP contribution in [-0.4, -0.2) is 0 Å². The number of benzene rings is 2. The standard InChI is InChI=1S/C26H24S2/c1-17-9-11-19-20-12-10-18(2)16-22(20)26(4,24-8-6-14-28-24)25(3,21(19)15-17)23-7-5-13-27-23/h5-16H,1-4H3. The second kappa shape index (κ2) is 6.17. The summed E-state index contributed by atoms with van der Waals surface area (Å²) in [5.41, 5.74) is 8.04. The molecule has 2 heterocycles. The van der Waals surface area contributed by atoms with E-state index >= 15 is 0 Å². The lowest BCUT2D eigenvalue weighted by Gasteiger charge is -2.51. The van der Waals surface area contributed by atoms with Crippen LogP contribution >= 0.6 is 22.7 Å². The van der Waals surface area contributed by atoms with Gasteiger partial charge in [-0.05, 0) is 72.8 Å². The summed E-state index contributed by atoms with van der Waals surface area (Å²) in [6.07, 6.45) is 0. The zero-order chi connectivity index (χ0) is 19.5. The number of fused-ring (bicyclic) bond motifs is 3. The predicted octanol–water partition coefficient (Wildman–Crippen LogP) is 7.72. The monoisotopic (exact) mass is 400 g/mol. The summed E-state index contributed by atoms with van der Waals surface area (Å²) < 4.78 is 0. The third-order valence-electron chi connectivity index (χ3n) is 6.75. The van der Waals surface area contributed by atoms with Crippen LogP contribution in [0.5, 0.6) is 0 Å². The van der Waals surface area contributed by atoms with Crippen LogP contribution in [-0.2, 0) is 10.8 Å². The van der Waals surface area contributed by atoms with Gasteiger partial charge in [0.1, 0.15) is 0 Å². The van der Waals surface area contributed by atoms with Gasteiger partial charge in [0.2, 0.25) is 0 Å². The smallest absolute Gasteiger partial charge is 0.0417 e. The van der Waals surface area contributed by atoms with E-state index in [1.165, 1.54) is 43.1 Å². The van der Waals surface area contributed by atoms with Gasteiger partial charge in [0, 0.05) is 20.6 Å². The van der Waals surface area contributed by atoms with E-state index in [4.69, 9.17) is 0 Å². The Morgan fingerprint density at radius 3 is 1.39 bits per heavy atom. The van der Waals surface area contributed by atoms with Crippen LogP contribution in [0.3, 0.4) is 0 Å². The second-order valence-corrected chi connectivity index (χ2v) is 10.2. The molecule has 0 nitrogen and oxygen atoms in total. The number of hydrogen-bond donors (Lipinski definition) is 0. The molecular weight excluding hydrogens is 376 g/mol. The zero-order valence-electron chi connectivity index (χ0n) is 16.7. The lowest BCUT2D eigenvalue weighted by Crippen LogP contribution is -2.48. The maximum Gasteiger partial charge on any atom is 0.0417 e. The average Bonchev–Trinajstić information content (AvgIpc) is 3.40. The first-order valence-corrected chi connectivity index (χ1v) is 11.5. The Balaban J connectivity index is 1.98. The average molecular weight is 401 g/mol. The van der Waals surface area contributed by atoms with Gasteiger partial charge in [0.05, 0.1) is 0 Å². The lowest BCUT2D eigenvalue weighted by molar-refractivity contribution is 0.367. The molecular formula is C26H24S2. The lowest BCUT2D eigenvalue weighted by atomic mass is 9.52. The first kappa shape index (κ1) is 17.9. The molecule has 0 bridgehead atoms. The van der Waals surface area contributed by atoms with E-state index < -0.39 is 0 Å². The predicted molar refractivity (Wildman–Crippen MR) is 123 cm³/mol. The number of rotatable bonds is 2. The van der Waals surface area contributed by atoms with E-state index in [2.05, 4.69) is 99.1 Å². The van der Waals surface area contributed by atoms with E-state index in [9.17, 15) is 0 Å². The highest BCUT2D eigenvalue weighted by Crippen LogP contribution is 2.61. The molecule has 5 rings (SSSR count). The first-order valence-electron chi connectivity index (χ1n) is 9.77. The quantitative estimate of drug-likeness (QED) is 0.323. The summed E-state index contributed by atoms with van der Waals surface area (Å²) >= 11 is 3.76. The topological polar surface area (TPSA) is 0 Å². The Morgan fingerprint density at radius 2 is 1.04 bits per heavy atom. The van der Waals surface area contributed by atoms with E-state index in [0.717, 1.165) is 0 Å². The fourth-order valence-corrected chi connectivity index (χ4v) is 7.06. The maximum atomic E-state index is 2.46. The third-order valence-corrected chi connectivity index (χ3v) is 8.93. The van der Waals surface area contributed by atoms with Crippen molar-refractivity contribution >= 4 is 22.7 Å². The minimum atomic E-state index is -0.131. The van der Waals surface area contributed by atoms with Crippen LogP contribution < -0.4 is 0 Å². The molecule has 2 atom stereocenters. The van der Waals surface area contributed by atoms with Gasteiger partial charge in [0.15, 0.2) is 0 Å². The summed E-state index contributed by atoms with van der Waals surface area (Å²) in [6.45, 7) is 9.34. The van der Waals surface area contributed by atoms with Crippen LogP contribution in [0.4, 0.5) is 0 Å². The molecule has 1 aliphatic rings. The summed E-state index contributed by atoms with van der Waals surface area (Å²) in [6, 6.07) is 23.1. The Hall–Kier alpha value is -2.16. The molecule has 0 radical (unpaired) electrons. The molecule has 0 saturated heterocycles. The summed E-state index contributed by atoms with van der Waals surface area (Å²) in [7, 11) is 0. The normalized spacial score (nSPS) is 23.3. The van der Waals surface area contributed by atoms with Crippen LogP contribution in [0, 0.1) is 13.8 Å². The highest BCUT2D eigenvalue weighted by molar-refractivity contribution is 7.10. The van der Waals surface area contributed by atoms with Gasteiger partial charge in [-0.2, -0.15) is 0 Å². The van der Waals surface area contributed by atoms with Crippen molar-refractivity contribution in [2.75, 3.05) is 0 Å². The second-order valence-electron chi connectivity index (χ2n) is 8.30. The Labute approximate surface area is 175 Å². The molecule has 1 aliphatic carbocycles. The summed E-state index contributed by atoms with van der Waals surface area (Å²) in [5, 5.41) is 4.44. The van der Waals surface area contributed by atoms with Crippen LogP contribution in [0.2, 0.25) is 0 Å². The van der Waals surface area contributed by atoms with E-state index in [-0.39, 0.29) is 10.8 Å². The van der Waals surface area contributed by atoms with Gasteiger partial charge in [0.25, 0.3) is 0 Å². The molecule has 0 amide bonds. The van der Waals surface area contributed by atoms with Crippen molar-refractivity contribution in [3.63, 3.8) is 0 Å². The van der Waals surface area contributed by atoms with Crippen molar-refractivity contribution in [2.45, 2.75) is 38.5 Å². The molecule has 0 spiro atoms. The van der Waals surface area contributed by atoms with Crippen molar-refractivity contribution in [3.8, 4) is 11.1 Å². The third kappa shape index (κ3) is 2.22. The molecule has 2 aromatic heterocycles. The molecule has 2 unspecified atom stereocenters. The van der Waals surface area contributed by atoms with Gasteiger partial charge in [-0.3, -0.25) is 0 Å². The highest BCUT2D eigenvalue weighted by Gasteiger charge is 2.54. The van der Waals surface area contributed by atoms with Gasteiger partial charge in [-0.25, -0.2) is 0 Å². The van der Waals surface area contributed by atoms with Crippen LogP contribution in [0.15, 0.2) is 71.4 Å². The number of hydrogen-bond acceptors (Lipinski definition) is 2. The van der Waals surface area contributed by atoms with E-state index in [1.54, 1.807) is 0 Å². The summed E-state index contributed by atoms with van der Waals surface area (Å²) in [5.74, 6) is 0. The van der Waals surface area contributed by atoms with Crippen LogP contribution in [0.1, 0.15) is 45.9 Å². The Kier molecular flexibility index (Phi) is 3.94. The minimum Gasteiger partial charge on any atom is -0.148 e. The van der Waals surface area contributed by atoms with Gasteiger partial charge in [-0.15, -0.1) is 22.7 Å². The molecule has 0 saturated carbocycles.